The second-order valence-electron chi connectivity index (χ2n) is 11.0. The van der Waals surface area contributed by atoms with E-state index in [0.29, 0.717) is 56.7 Å². The normalized spacial score (nSPS) is 27.7. The summed E-state index contributed by atoms with van der Waals surface area (Å²) in [6.45, 7) is 3.56. The molecule has 0 aromatic heterocycles. The van der Waals surface area contributed by atoms with E-state index < -0.39 is 29.1 Å². The molecule has 1 heterocycles. The van der Waals surface area contributed by atoms with Crippen LogP contribution >= 0.6 is 0 Å². The summed E-state index contributed by atoms with van der Waals surface area (Å²) >= 11 is 0. The molecule has 7 nitrogen and oxygen atoms in total. The molecule has 2 fully saturated rings. The number of halogens is 1. The number of aliphatic hydroxyl groups excluding tert-OH is 1. The van der Waals surface area contributed by atoms with Gasteiger partial charge in [-0.2, -0.15) is 0 Å². The van der Waals surface area contributed by atoms with Crippen LogP contribution in [0.25, 0.3) is 0 Å². The van der Waals surface area contributed by atoms with Crippen LogP contribution < -0.4 is 10.5 Å². The topological polar surface area (TPSA) is 105 Å². The monoisotopic (exact) mass is 528 g/mol. The van der Waals surface area contributed by atoms with Crippen LogP contribution in [0.15, 0.2) is 42.5 Å². The van der Waals surface area contributed by atoms with Gasteiger partial charge in [0.2, 0.25) is 0 Å². The van der Waals surface area contributed by atoms with Gasteiger partial charge in [-0.3, -0.25) is 4.90 Å². The lowest BCUT2D eigenvalue weighted by Crippen LogP contribution is -2.56. The van der Waals surface area contributed by atoms with E-state index in [1.54, 1.807) is 25.3 Å². The highest BCUT2D eigenvalue weighted by Gasteiger charge is 2.51. The zero-order valence-corrected chi connectivity index (χ0v) is 22.4. The highest BCUT2D eigenvalue weighted by atomic mass is 19.1. The number of unbranched alkanes of at least 4 members (excludes halogenated alkanes) is 1. The molecule has 5 atom stereocenters. The van der Waals surface area contributed by atoms with Gasteiger partial charge in [0.05, 0.1) is 17.2 Å². The Hall–Kier alpha value is -2.36. The first-order valence-corrected chi connectivity index (χ1v) is 13.6. The summed E-state index contributed by atoms with van der Waals surface area (Å²) < 4.78 is 26.8. The number of carbonyl (C=O) groups is 1. The highest BCUT2D eigenvalue weighted by Crippen LogP contribution is 2.47. The number of benzene rings is 2. The number of methoxy groups -OCH3 is 1. The maximum absolute atomic E-state index is 15.4. The van der Waals surface area contributed by atoms with Crippen molar-refractivity contribution in [3.63, 3.8) is 0 Å². The molecule has 1 aliphatic carbocycles. The SMILES string of the molecule is COCCCC[C@@](O)(c1cccc(F)c1Oc1ccccc1C)[C@@H]1CCCN([C@@]2(C=O)C[C@@H](N)[C@@H](O)C2)C1. The van der Waals surface area contributed by atoms with Crippen molar-refractivity contribution in [1.82, 2.24) is 4.90 Å². The number of likely N-dealkylation sites (tertiary alicyclic amines) is 1. The molecule has 8 heteroatoms. The second-order valence-corrected chi connectivity index (χ2v) is 11.0. The minimum atomic E-state index is -1.41. The number of hydrogen-bond donors (Lipinski definition) is 3. The molecular formula is C30H41FN2O5. The number of nitrogens with two attached hydrogens (primary N) is 1. The van der Waals surface area contributed by atoms with Crippen LogP contribution in [-0.2, 0) is 15.1 Å². The summed E-state index contributed by atoms with van der Waals surface area (Å²) in [6.07, 6.45) is 4.09. The van der Waals surface area contributed by atoms with Crippen molar-refractivity contribution in [3.05, 3.63) is 59.4 Å². The molecule has 2 aliphatic rings. The van der Waals surface area contributed by atoms with Crippen molar-refractivity contribution in [1.29, 1.82) is 0 Å². The number of aldehydes is 1. The summed E-state index contributed by atoms with van der Waals surface area (Å²) in [5.74, 6) is -0.273. The maximum Gasteiger partial charge on any atom is 0.169 e. The van der Waals surface area contributed by atoms with Crippen LogP contribution in [0.4, 0.5) is 4.39 Å². The van der Waals surface area contributed by atoms with Crippen LogP contribution in [0.3, 0.4) is 0 Å². The number of carbonyl (C=O) groups excluding carboxylic acids is 1. The molecule has 2 aromatic carbocycles. The van der Waals surface area contributed by atoms with Crippen LogP contribution in [0.1, 0.15) is 56.1 Å². The minimum Gasteiger partial charge on any atom is -0.454 e. The Morgan fingerprint density at radius 3 is 2.68 bits per heavy atom. The molecular weight excluding hydrogens is 487 g/mol. The van der Waals surface area contributed by atoms with Gasteiger partial charge in [-0.1, -0.05) is 30.3 Å². The third-order valence-corrected chi connectivity index (χ3v) is 8.49. The number of ether oxygens (including phenoxy) is 2. The van der Waals surface area contributed by atoms with Crippen LogP contribution in [0.2, 0.25) is 0 Å². The van der Waals surface area contributed by atoms with Crippen LogP contribution in [-0.4, -0.2) is 65.9 Å². The number of rotatable bonds is 11. The predicted molar refractivity (Wildman–Crippen MR) is 144 cm³/mol. The van der Waals surface area contributed by atoms with Crippen molar-refractivity contribution in [3.8, 4) is 11.5 Å². The van der Waals surface area contributed by atoms with Gasteiger partial charge in [-0.25, -0.2) is 4.39 Å². The van der Waals surface area contributed by atoms with E-state index >= 15 is 4.39 Å². The largest absolute Gasteiger partial charge is 0.454 e. The van der Waals surface area contributed by atoms with E-state index in [4.69, 9.17) is 15.2 Å². The molecule has 4 rings (SSSR count). The van der Waals surface area contributed by atoms with E-state index in [1.165, 1.54) is 6.07 Å². The summed E-state index contributed by atoms with van der Waals surface area (Å²) in [7, 11) is 1.64. The Balaban J connectivity index is 1.71. The number of hydrogen-bond acceptors (Lipinski definition) is 7. The van der Waals surface area contributed by atoms with Crippen molar-refractivity contribution < 1.29 is 28.9 Å². The Kier molecular flexibility index (Phi) is 9.21. The number of para-hydroxylation sites is 2. The van der Waals surface area contributed by atoms with Crippen molar-refractivity contribution in [2.75, 3.05) is 26.8 Å². The Morgan fingerprint density at radius 2 is 2.00 bits per heavy atom. The average molecular weight is 529 g/mol. The number of aliphatic hydroxyl groups is 2. The number of aryl methyl sites for hydroxylation is 1. The fourth-order valence-electron chi connectivity index (χ4n) is 6.28. The molecule has 4 N–H and O–H groups in total. The second kappa shape index (κ2) is 12.2. The third-order valence-electron chi connectivity index (χ3n) is 8.49. The fourth-order valence-corrected chi connectivity index (χ4v) is 6.28. The number of nitrogens with zero attached hydrogens (tertiary/aromatic N) is 1. The summed E-state index contributed by atoms with van der Waals surface area (Å²) in [5, 5.41) is 22.9. The summed E-state index contributed by atoms with van der Waals surface area (Å²) in [6, 6.07) is 11.6. The molecule has 0 unspecified atom stereocenters. The minimum absolute atomic E-state index is 0.0246. The van der Waals surface area contributed by atoms with E-state index in [9.17, 15) is 15.0 Å². The van der Waals surface area contributed by atoms with Gasteiger partial charge in [-0.15, -0.1) is 0 Å². The molecule has 208 valence electrons. The molecule has 0 spiro atoms. The Morgan fingerprint density at radius 1 is 1.21 bits per heavy atom. The van der Waals surface area contributed by atoms with Gasteiger partial charge in [0.25, 0.3) is 0 Å². The van der Waals surface area contributed by atoms with Crippen LogP contribution in [0, 0.1) is 18.7 Å². The zero-order valence-electron chi connectivity index (χ0n) is 22.4. The molecule has 2 aromatic rings. The van der Waals surface area contributed by atoms with E-state index in [1.807, 2.05) is 25.1 Å². The smallest absolute Gasteiger partial charge is 0.169 e. The first-order valence-electron chi connectivity index (χ1n) is 13.6. The zero-order chi connectivity index (χ0) is 27.3. The molecule has 1 saturated carbocycles. The molecule has 0 radical (unpaired) electrons. The predicted octanol–water partition coefficient (Wildman–Crippen LogP) is 4.06. The van der Waals surface area contributed by atoms with Gasteiger partial charge >= 0.3 is 0 Å². The standard InChI is InChI=1S/C30H41FN2O5/c1-21-9-3-4-13-27(21)38-28-23(11-7-12-24(28)31)30(36,14-5-6-16-37-2)22-10-8-15-33(19-22)29(20-34)17-25(32)26(35)18-29/h3-4,7,9,11-13,20,22,25-26,35-36H,5-6,8,10,14-19,32H2,1-2H3/t22-,25-,26+,29+,30+/m1/s1. The average Bonchev–Trinajstić information content (AvgIpc) is 3.23. The summed E-state index contributed by atoms with van der Waals surface area (Å²) in [4.78, 5) is 14.4. The molecule has 1 saturated heterocycles. The fraction of sp³-hybridized carbons (Fsp3) is 0.567. The summed E-state index contributed by atoms with van der Waals surface area (Å²) in [5.41, 5.74) is 5.11. The van der Waals surface area contributed by atoms with Crippen molar-refractivity contribution in [2.45, 2.75) is 75.2 Å². The van der Waals surface area contributed by atoms with E-state index in [0.717, 1.165) is 24.7 Å². The number of piperidine rings is 1. The van der Waals surface area contributed by atoms with E-state index in [-0.39, 0.29) is 18.1 Å². The maximum atomic E-state index is 15.4. The highest BCUT2D eigenvalue weighted by molar-refractivity contribution is 5.65. The van der Waals surface area contributed by atoms with Crippen LogP contribution in [0.5, 0.6) is 11.5 Å². The van der Waals surface area contributed by atoms with Gasteiger partial charge in [0.1, 0.15) is 12.0 Å². The lowest BCUT2D eigenvalue weighted by molar-refractivity contribution is -0.125. The quantitative estimate of drug-likeness (QED) is 0.298. The Labute approximate surface area is 224 Å². The third kappa shape index (κ3) is 5.80. The van der Waals surface area contributed by atoms with Crippen molar-refractivity contribution >= 4 is 6.29 Å². The van der Waals surface area contributed by atoms with Crippen molar-refractivity contribution in [2.24, 2.45) is 11.7 Å². The lowest BCUT2D eigenvalue weighted by atomic mass is 9.73. The van der Waals surface area contributed by atoms with Gasteiger partial charge in [0, 0.05) is 44.2 Å². The molecule has 0 amide bonds. The molecule has 38 heavy (non-hydrogen) atoms. The molecule has 0 bridgehead atoms. The molecule has 1 aliphatic heterocycles. The first kappa shape index (κ1) is 28.6. The lowest BCUT2D eigenvalue weighted by Gasteiger charge is -2.47. The van der Waals surface area contributed by atoms with E-state index in [2.05, 4.69) is 4.90 Å². The van der Waals surface area contributed by atoms with Gasteiger partial charge < -0.3 is 30.2 Å². The van der Waals surface area contributed by atoms with Gasteiger partial charge in [-0.05, 0) is 69.7 Å². The van der Waals surface area contributed by atoms with Gasteiger partial charge in [0.15, 0.2) is 11.6 Å². The first-order chi connectivity index (χ1) is 18.2. The Bertz CT molecular complexity index is 1090.